The Labute approximate surface area is 152 Å². The minimum absolute atomic E-state index is 0.137. The van der Waals surface area contributed by atoms with E-state index in [0.717, 1.165) is 31.8 Å². The number of carbonyl (C=O) groups excluding carboxylic acids is 2. The number of nitrogens with one attached hydrogen (secondary N) is 2. The van der Waals surface area contributed by atoms with Crippen LogP contribution in [0.2, 0.25) is 0 Å². The largest absolute Gasteiger partial charge is 0.341 e. The van der Waals surface area contributed by atoms with Crippen LogP contribution < -0.4 is 15.5 Å². The molecule has 1 saturated heterocycles. The summed E-state index contributed by atoms with van der Waals surface area (Å²) in [7, 11) is 0. The lowest BCUT2D eigenvalue weighted by atomic mass is 10.00. The molecule has 1 aliphatic heterocycles. The summed E-state index contributed by atoms with van der Waals surface area (Å²) in [5.41, 5.74) is 1.65. The summed E-state index contributed by atoms with van der Waals surface area (Å²) in [5.74, 6) is 0.900. The Morgan fingerprint density at radius 2 is 1.65 bits per heavy atom. The maximum Gasteiger partial charge on any atom is 0.274 e. The fourth-order valence-corrected chi connectivity index (χ4v) is 2.87. The van der Waals surface area contributed by atoms with Gasteiger partial charge in [-0.25, -0.2) is 9.97 Å². The van der Waals surface area contributed by atoms with Crippen molar-refractivity contribution in [3.8, 4) is 0 Å². The Morgan fingerprint density at radius 3 is 2.27 bits per heavy atom. The van der Waals surface area contributed by atoms with Crippen LogP contribution in [0.4, 0.5) is 17.3 Å². The molecule has 7 nitrogen and oxygen atoms in total. The fraction of sp³-hybridized carbons (Fsp3) is 0.368. The highest BCUT2D eigenvalue weighted by atomic mass is 16.2. The van der Waals surface area contributed by atoms with E-state index in [-0.39, 0.29) is 11.8 Å². The molecule has 3 rings (SSSR count). The number of carbonyl (C=O) groups is 2. The van der Waals surface area contributed by atoms with Gasteiger partial charge in [0.05, 0.1) is 0 Å². The van der Waals surface area contributed by atoms with Crippen LogP contribution in [-0.4, -0.2) is 34.9 Å². The number of anilines is 3. The quantitative estimate of drug-likeness (QED) is 0.882. The van der Waals surface area contributed by atoms with E-state index in [4.69, 9.17) is 0 Å². The maximum absolute atomic E-state index is 12.5. The topological polar surface area (TPSA) is 87.2 Å². The van der Waals surface area contributed by atoms with Gasteiger partial charge in [0.2, 0.25) is 11.9 Å². The van der Waals surface area contributed by atoms with E-state index in [2.05, 4.69) is 32.4 Å². The van der Waals surface area contributed by atoms with Gasteiger partial charge in [-0.05, 0) is 49.1 Å². The molecular weight excluding hydrogens is 330 g/mol. The third kappa shape index (κ3) is 4.56. The Balaban J connectivity index is 1.66. The predicted octanol–water partition coefficient (Wildman–Crippen LogP) is 2.92. The van der Waals surface area contributed by atoms with Crippen LogP contribution in [0.15, 0.2) is 36.5 Å². The van der Waals surface area contributed by atoms with E-state index >= 15 is 0 Å². The molecule has 0 aliphatic carbocycles. The van der Waals surface area contributed by atoms with Crippen molar-refractivity contribution in [2.45, 2.75) is 26.7 Å². The highest BCUT2D eigenvalue weighted by Crippen LogP contribution is 2.20. The highest BCUT2D eigenvalue weighted by Gasteiger charge is 2.19. The number of aromatic nitrogens is 2. The van der Waals surface area contributed by atoms with E-state index in [1.54, 1.807) is 36.5 Å². The zero-order valence-corrected chi connectivity index (χ0v) is 15.0. The smallest absolute Gasteiger partial charge is 0.274 e. The summed E-state index contributed by atoms with van der Waals surface area (Å²) >= 11 is 0. The molecule has 0 atom stereocenters. The monoisotopic (exact) mass is 353 g/mol. The van der Waals surface area contributed by atoms with Crippen molar-refractivity contribution in [1.29, 1.82) is 0 Å². The lowest BCUT2D eigenvalue weighted by Crippen LogP contribution is -2.34. The molecule has 2 N–H and O–H groups in total. The number of hydrogen-bond acceptors (Lipinski definition) is 5. The molecule has 0 bridgehead atoms. The second kappa shape index (κ2) is 7.95. The Morgan fingerprint density at radius 1 is 1.04 bits per heavy atom. The summed E-state index contributed by atoms with van der Waals surface area (Å²) in [6.45, 7) is 5.53. The SMILES string of the molecule is CC(=O)Nc1ccc(NC(=O)c2ccnc(N3CCC(C)CC3)n2)cc1. The summed E-state index contributed by atoms with van der Waals surface area (Å²) in [4.78, 5) is 34.4. The van der Waals surface area contributed by atoms with Gasteiger partial charge < -0.3 is 15.5 Å². The van der Waals surface area contributed by atoms with Crippen LogP contribution in [0.3, 0.4) is 0 Å². The van der Waals surface area contributed by atoms with Crippen molar-refractivity contribution in [2.75, 3.05) is 28.6 Å². The van der Waals surface area contributed by atoms with Gasteiger partial charge in [0.15, 0.2) is 0 Å². The minimum Gasteiger partial charge on any atom is -0.341 e. The van der Waals surface area contributed by atoms with Gasteiger partial charge in [-0.3, -0.25) is 9.59 Å². The zero-order valence-electron chi connectivity index (χ0n) is 15.0. The van der Waals surface area contributed by atoms with Crippen molar-refractivity contribution in [1.82, 2.24) is 9.97 Å². The molecule has 1 fully saturated rings. The minimum atomic E-state index is -0.286. The molecule has 7 heteroatoms. The van der Waals surface area contributed by atoms with Gasteiger partial charge in [-0.15, -0.1) is 0 Å². The molecule has 2 amide bonds. The van der Waals surface area contributed by atoms with Gasteiger partial charge in [0, 0.05) is 37.6 Å². The van der Waals surface area contributed by atoms with Crippen LogP contribution in [0.25, 0.3) is 0 Å². The van der Waals surface area contributed by atoms with Gasteiger partial charge in [-0.2, -0.15) is 0 Å². The number of benzene rings is 1. The zero-order chi connectivity index (χ0) is 18.5. The van der Waals surface area contributed by atoms with E-state index in [1.165, 1.54) is 6.92 Å². The fourth-order valence-electron chi connectivity index (χ4n) is 2.87. The Kier molecular flexibility index (Phi) is 5.46. The molecule has 1 aromatic carbocycles. The average Bonchev–Trinajstić information content (AvgIpc) is 2.63. The Hall–Kier alpha value is -2.96. The lowest BCUT2D eigenvalue weighted by Gasteiger charge is -2.30. The molecule has 1 aromatic heterocycles. The molecule has 1 aliphatic rings. The van der Waals surface area contributed by atoms with E-state index in [9.17, 15) is 9.59 Å². The Bertz CT molecular complexity index is 783. The van der Waals surface area contributed by atoms with Crippen LogP contribution in [0.5, 0.6) is 0 Å². The number of nitrogens with zero attached hydrogens (tertiary/aromatic N) is 3. The van der Waals surface area contributed by atoms with Crippen molar-refractivity contribution >= 4 is 29.1 Å². The normalized spacial score (nSPS) is 14.8. The molecule has 2 aromatic rings. The van der Waals surface area contributed by atoms with E-state index in [1.807, 2.05) is 0 Å². The van der Waals surface area contributed by atoms with Gasteiger partial charge in [-0.1, -0.05) is 6.92 Å². The molecule has 0 unspecified atom stereocenters. The first kappa shape index (κ1) is 17.8. The highest BCUT2D eigenvalue weighted by molar-refractivity contribution is 6.03. The van der Waals surface area contributed by atoms with E-state index in [0.29, 0.717) is 23.0 Å². The van der Waals surface area contributed by atoms with Gasteiger partial charge >= 0.3 is 0 Å². The second-order valence-electron chi connectivity index (χ2n) is 6.62. The second-order valence-corrected chi connectivity index (χ2v) is 6.62. The summed E-state index contributed by atoms with van der Waals surface area (Å²) in [5, 5.41) is 5.50. The summed E-state index contributed by atoms with van der Waals surface area (Å²) in [6, 6.07) is 8.54. The van der Waals surface area contributed by atoms with Crippen molar-refractivity contribution in [3.63, 3.8) is 0 Å². The maximum atomic E-state index is 12.5. The van der Waals surface area contributed by atoms with Crippen LogP contribution >= 0.6 is 0 Å². The number of hydrogen-bond donors (Lipinski definition) is 2. The predicted molar refractivity (Wildman–Crippen MR) is 101 cm³/mol. The lowest BCUT2D eigenvalue weighted by molar-refractivity contribution is -0.114. The molecular formula is C19H23N5O2. The summed E-state index contributed by atoms with van der Waals surface area (Å²) in [6.07, 6.45) is 3.84. The average molecular weight is 353 g/mol. The first-order valence-corrected chi connectivity index (χ1v) is 8.78. The third-order valence-electron chi connectivity index (χ3n) is 4.41. The molecule has 0 saturated carbocycles. The first-order valence-electron chi connectivity index (χ1n) is 8.78. The third-order valence-corrected chi connectivity index (χ3v) is 4.41. The van der Waals surface area contributed by atoms with Crippen molar-refractivity contribution in [2.24, 2.45) is 5.92 Å². The van der Waals surface area contributed by atoms with Crippen LogP contribution in [0, 0.1) is 5.92 Å². The molecule has 0 spiro atoms. The molecule has 26 heavy (non-hydrogen) atoms. The van der Waals surface area contributed by atoms with Crippen LogP contribution in [0.1, 0.15) is 37.2 Å². The van der Waals surface area contributed by atoms with Crippen molar-refractivity contribution in [3.05, 3.63) is 42.2 Å². The number of amides is 2. The standard InChI is InChI=1S/C19H23N5O2/c1-13-8-11-24(12-9-13)19-20-10-7-17(23-19)18(26)22-16-5-3-15(4-6-16)21-14(2)25/h3-7,10,13H,8-9,11-12H2,1-2H3,(H,21,25)(H,22,26). The molecule has 2 heterocycles. The van der Waals surface area contributed by atoms with Crippen molar-refractivity contribution < 1.29 is 9.59 Å². The van der Waals surface area contributed by atoms with Crippen LogP contribution in [-0.2, 0) is 4.79 Å². The van der Waals surface area contributed by atoms with Gasteiger partial charge in [0.25, 0.3) is 5.91 Å². The first-order chi connectivity index (χ1) is 12.5. The number of piperidine rings is 1. The van der Waals surface area contributed by atoms with E-state index < -0.39 is 0 Å². The number of rotatable bonds is 4. The van der Waals surface area contributed by atoms with Gasteiger partial charge in [0.1, 0.15) is 5.69 Å². The molecule has 136 valence electrons. The molecule has 0 radical (unpaired) electrons. The summed E-state index contributed by atoms with van der Waals surface area (Å²) < 4.78 is 0.